The number of rotatable bonds is 15. The lowest BCUT2D eigenvalue weighted by molar-refractivity contribution is -0.145. The lowest BCUT2D eigenvalue weighted by Crippen LogP contribution is -2.56. The molecule has 78 heavy (non-hydrogen) atoms. The SMILES string of the molecule is CC[C@H](C)[C@@H]1NC(=O)CNC(=O)C2CC(=O)[C@H]([C@@H](C)[C@@H](O)CO)NC(=O)[C@@H]3CC(O)CN3C(=O)[C@H](CC(N)=O)CC(=O)C(C[S@@](=O)c3[nH]c4cc(OCCSSCCNC(=O)OC(C)(C)C)ccc4c3C2)NC(=O)CNC1=O. The Morgan fingerprint density at radius 3 is 2.26 bits per heavy atom. The first-order chi connectivity index (χ1) is 36.8. The summed E-state index contributed by atoms with van der Waals surface area (Å²) in [5.74, 6) is -12.2. The van der Waals surface area contributed by atoms with Gasteiger partial charge in [0.15, 0.2) is 11.6 Å². The number of amides is 8. The number of aliphatic hydroxyl groups is 3. The number of ether oxygens (including phenoxy) is 2. The lowest BCUT2D eigenvalue weighted by atomic mass is 9.85. The van der Waals surface area contributed by atoms with E-state index in [0.717, 1.165) is 4.90 Å². The number of aromatic amines is 1. The zero-order valence-corrected chi connectivity index (χ0v) is 47.0. The normalized spacial score (nSPS) is 25.8. The third kappa shape index (κ3) is 17.9. The first-order valence-corrected chi connectivity index (χ1v) is 29.5. The number of aliphatic hydroxyl groups excluding tert-OH is 3. The lowest BCUT2D eigenvalue weighted by Gasteiger charge is -2.32. The van der Waals surface area contributed by atoms with Gasteiger partial charge in [0.2, 0.25) is 41.4 Å². The molecule has 12 N–H and O–H groups in total. The molecule has 3 aliphatic heterocycles. The van der Waals surface area contributed by atoms with Crippen molar-refractivity contribution in [2.45, 2.75) is 127 Å². The van der Waals surface area contributed by atoms with E-state index in [0.29, 0.717) is 41.1 Å². The van der Waals surface area contributed by atoms with E-state index in [9.17, 15) is 63.3 Å². The number of primary amides is 1. The van der Waals surface area contributed by atoms with Gasteiger partial charge in [-0.2, -0.15) is 0 Å². The topological polar surface area (TPSA) is 384 Å². The number of nitrogens with zero attached hydrogens (tertiary/aromatic N) is 1. The summed E-state index contributed by atoms with van der Waals surface area (Å²) >= 11 is 0. The van der Waals surface area contributed by atoms with Gasteiger partial charge in [-0.15, -0.1) is 0 Å². The molecule has 11 atom stereocenters. The Balaban J connectivity index is 1.62. The Morgan fingerprint density at radius 2 is 1.59 bits per heavy atom. The first-order valence-electron chi connectivity index (χ1n) is 25.7. The zero-order valence-electron chi connectivity index (χ0n) is 44.5. The number of aromatic nitrogens is 1. The minimum atomic E-state index is -2.33. The van der Waals surface area contributed by atoms with Crippen LogP contribution in [-0.4, -0.2) is 187 Å². The number of nitrogens with two attached hydrogens (primary N) is 1. The number of H-pyrrole nitrogens is 1. The van der Waals surface area contributed by atoms with Gasteiger partial charge in [0, 0.05) is 73.6 Å². The number of hydrogen-bond acceptors (Lipinski definition) is 18. The molecule has 2 bridgehead atoms. The second-order valence-electron chi connectivity index (χ2n) is 20.7. The highest BCUT2D eigenvalue weighted by Gasteiger charge is 2.45. The van der Waals surface area contributed by atoms with Crippen LogP contribution in [0.25, 0.3) is 10.9 Å². The zero-order chi connectivity index (χ0) is 57.6. The molecule has 0 aliphatic carbocycles. The number of nitrogens with one attached hydrogen (secondary N) is 7. The van der Waals surface area contributed by atoms with Crippen LogP contribution in [0, 0.1) is 23.7 Å². The molecule has 3 unspecified atom stereocenters. The molecule has 25 nitrogen and oxygen atoms in total. The number of benzene rings is 1. The number of carbonyl (C=O) groups excluding carboxylic acids is 10. The van der Waals surface area contributed by atoms with Crippen LogP contribution in [0.5, 0.6) is 5.75 Å². The predicted molar refractivity (Wildman–Crippen MR) is 288 cm³/mol. The van der Waals surface area contributed by atoms with Crippen LogP contribution in [0.2, 0.25) is 0 Å². The van der Waals surface area contributed by atoms with Crippen molar-refractivity contribution in [2.75, 3.05) is 56.7 Å². The van der Waals surface area contributed by atoms with Gasteiger partial charge < -0.3 is 72.3 Å². The van der Waals surface area contributed by atoms with Crippen molar-refractivity contribution in [1.82, 2.24) is 41.8 Å². The quantitative estimate of drug-likeness (QED) is 0.0740. The highest BCUT2D eigenvalue weighted by Crippen LogP contribution is 2.33. The van der Waals surface area contributed by atoms with E-state index in [1.54, 1.807) is 52.8 Å². The number of fused-ring (bicyclic) bond motifs is 5. The van der Waals surface area contributed by atoms with Gasteiger partial charge in [-0.3, -0.25) is 47.4 Å². The Kier molecular flexibility index (Phi) is 23.3. The third-order valence-corrected chi connectivity index (χ3v) is 17.3. The summed E-state index contributed by atoms with van der Waals surface area (Å²) < 4.78 is 26.3. The molecule has 1 saturated heterocycles. The highest BCUT2D eigenvalue weighted by atomic mass is 33.1. The number of Topliss-reactive ketones (excluding diaryl/α,β-unsaturated/α-hetero) is 2. The van der Waals surface area contributed by atoms with E-state index in [-0.39, 0.29) is 23.6 Å². The fraction of sp³-hybridized carbons (Fsp3) is 0.640. The number of hydrogen-bond donors (Lipinski definition) is 11. The van der Waals surface area contributed by atoms with Crippen LogP contribution in [0.4, 0.5) is 4.79 Å². The first kappa shape index (κ1) is 63.0. The van der Waals surface area contributed by atoms with Crippen LogP contribution in [0.1, 0.15) is 79.2 Å². The molecule has 8 amide bonds. The molecule has 1 fully saturated rings. The van der Waals surface area contributed by atoms with Crippen molar-refractivity contribution < 1.29 is 76.9 Å². The molecule has 1 aromatic carbocycles. The number of alkyl carbamates (subject to hydrolysis) is 1. The van der Waals surface area contributed by atoms with Gasteiger partial charge in [-0.05, 0) is 50.8 Å². The molecule has 3 aliphatic rings. The van der Waals surface area contributed by atoms with Crippen LogP contribution in [0.3, 0.4) is 0 Å². The van der Waals surface area contributed by atoms with Gasteiger partial charge in [-0.25, -0.2) is 4.79 Å². The van der Waals surface area contributed by atoms with Crippen LogP contribution in [0.15, 0.2) is 23.2 Å². The molecule has 432 valence electrons. The van der Waals surface area contributed by atoms with Gasteiger partial charge in [-0.1, -0.05) is 48.8 Å². The Labute approximate surface area is 461 Å². The molecule has 2 aromatic rings. The molecule has 28 heteroatoms. The van der Waals surface area contributed by atoms with E-state index in [1.165, 1.54) is 28.5 Å². The van der Waals surface area contributed by atoms with E-state index in [1.807, 2.05) is 0 Å². The highest BCUT2D eigenvalue weighted by molar-refractivity contribution is 8.76. The monoisotopic (exact) mass is 1150 g/mol. The van der Waals surface area contributed by atoms with E-state index < -0.39 is 193 Å². The van der Waals surface area contributed by atoms with Crippen LogP contribution in [-0.2, 0) is 65.1 Å². The second kappa shape index (κ2) is 28.9. The standard InChI is InChI=1S/C50H73N9O16S3/c1-7-25(2)42-46(70)54-20-40(66)55-34-24-78(73)47-32(31-9-8-30(19-33(31)56-47)74-11-13-77-76-12-10-52-49(72)75-50(4,5)6)14-27(44(68)53-21-41(67)57-42)15-37(63)43(26(3)38(64)23-60)58-45(69)35-18-29(61)22-59(35)48(71)28(16-36(34)62)17-39(51)65/h8-9,19,25-29,34-35,38,42-43,56,60-61,64H,7,10-18,20-24H2,1-6H3,(H2,51,65)(H,52,72)(H,53,68)(H,54,70)(H,55,66)(H,57,67)(H,58,69)/t25-,26-,27?,28-,29?,34?,35-,38-,42-,43-,78+/m0/s1. The minimum Gasteiger partial charge on any atom is -0.493 e. The average Bonchev–Trinajstić information content (AvgIpc) is 3.97. The maximum Gasteiger partial charge on any atom is 0.407 e. The minimum absolute atomic E-state index is 0.0661. The molecule has 4 heterocycles. The Bertz CT molecular complexity index is 2580. The van der Waals surface area contributed by atoms with Crippen LogP contribution >= 0.6 is 21.6 Å². The summed E-state index contributed by atoms with van der Waals surface area (Å²) in [5, 5.41) is 47.4. The summed E-state index contributed by atoms with van der Waals surface area (Å²) in [6, 6.07) is -1.26. The molecule has 5 rings (SSSR count). The van der Waals surface area contributed by atoms with Gasteiger partial charge in [0.25, 0.3) is 0 Å². The maximum atomic E-state index is 15.0. The summed E-state index contributed by atoms with van der Waals surface area (Å²) in [7, 11) is 0.670. The van der Waals surface area contributed by atoms with Gasteiger partial charge in [0.05, 0.1) is 78.6 Å². The van der Waals surface area contributed by atoms with Crippen molar-refractivity contribution in [3.8, 4) is 5.75 Å². The van der Waals surface area contributed by atoms with Crippen LogP contribution < -0.4 is 42.4 Å². The fourth-order valence-corrected chi connectivity index (χ4v) is 12.3. The fourth-order valence-electron chi connectivity index (χ4n) is 9.16. The third-order valence-electron chi connectivity index (χ3n) is 13.5. The van der Waals surface area contributed by atoms with E-state index >= 15 is 4.21 Å². The Hall–Kier alpha value is -5.81. The van der Waals surface area contributed by atoms with Crippen molar-refractivity contribution in [1.29, 1.82) is 0 Å². The average molecular weight is 1150 g/mol. The van der Waals surface area contributed by atoms with Crippen molar-refractivity contribution in [2.24, 2.45) is 29.4 Å². The summed E-state index contributed by atoms with van der Waals surface area (Å²) in [6.07, 6.45) is -6.12. The number of ketones is 2. The Morgan fingerprint density at radius 1 is 0.910 bits per heavy atom. The molecular formula is C50H73N9O16S3. The maximum absolute atomic E-state index is 15.0. The molecule has 0 saturated carbocycles. The summed E-state index contributed by atoms with van der Waals surface area (Å²) in [6.45, 7) is 7.91. The predicted octanol–water partition coefficient (Wildman–Crippen LogP) is -1.16. The largest absolute Gasteiger partial charge is 0.493 e. The molecule has 0 radical (unpaired) electrons. The smallest absolute Gasteiger partial charge is 0.407 e. The van der Waals surface area contributed by atoms with Crippen molar-refractivity contribution >= 4 is 102 Å². The number of carbonyl (C=O) groups is 10. The summed E-state index contributed by atoms with van der Waals surface area (Å²) in [4.78, 5) is 142. The van der Waals surface area contributed by atoms with Gasteiger partial charge in [0.1, 0.15) is 28.5 Å². The molecular weight excluding hydrogens is 1080 g/mol. The van der Waals surface area contributed by atoms with E-state index in [2.05, 4.69) is 36.9 Å². The summed E-state index contributed by atoms with van der Waals surface area (Å²) in [5.41, 5.74) is 5.49. The molecule has 1 aromatic heterocycles. The van der Waals surface area contributed by atoms with E-state index in [4.69, 9.17) is 15.2 Å². The van der Waals surface area contributed by atoms with Gasteiger partial charge >= 0.3 is 6.09 Å². The van der Waals surface area contributed by atoms with Crippen molar-refractivity contribution in [3.05, 3.63) is 23.8 Å². The second-order valence-corrected chi connectivity index (χ2v) is 24.8. The molecule has 0 spiro atoms. The van der Waals surface area contributed by atoms with Crippen molar-refractivity contribution in [3.63, 3.8) is 0 Å².